The summed E-state index contributed by atoms with van der Waals surface area (Å²) in [5.74, 6) is 1.73. The van der Waals surface area contributed by atoms with Crippen LogP contribution < -0.4 is 10.3 Å². The van der Waals surface area contributed by atoms with Crippen LogP contribution in [-0.2, 0) is 0 Å². The van der Waals surface area contributed by atoms with E-state index in [1.807, 2.05) is 42.5 Å². The largest absolute Gasteiger partial charge is 0.494 e. The Labute approximate surface area is 169 Å². The van der Waals surface area contributed by atoms with Crippen LogP contribution in [0.2, 0.25) is 0 Å². The van der Waals surface area contributed by atoms with Gasteiger partial charge in [-0.2, -0.15) is 12.6 Å². The van der Waals surface area contributed by atoms with Crippen molar-refractivity contribution in [3.63, 3.8) is 0 Å². The fourth-order valence-electron chi connectivity index (χ4n) is 2.06. The van der Waals surface area contributed by atoms with Crippen molar-refractivity contribution in [1.29, 1.82) is 0 Å². The van der Waals surface area contributed by atoms with Crippen molar-refractivity contribution >= 4 is 55.4 Å². The normalized spacial score (nSPS) is 10.2. The molecular weight excluding hydrogens is 466 g/mol. The fraction of sp³-hybridized carbons (Fsp3) is 0.211. The third-order valence-electron chi connectivity index (χ3n) is 3.32. The summed E-state index contributed by atoms with van der Waals surface area (Å²) in [7, 11) is 0. The Bertz CT molecular complexity index is 829. The minimum absolute atomic E-state index is 0.0834. The van der Waals surface area contributed by atoms with E-state index in [4.69, 9.17) is 4.74 Å². The lowest BCUT2D eigenvalue weighted by atomic mass is 10.2. The van der Waals surface area contributed by atoms with Gasteiger partial charge in [-0.3, -0.25) is 4.79 Å². The third-order valence-corrected chi connectivity index (χ3v) is 4.69. The topological polar surface area (TPSA) is 42.1 Å². The highest BCUT2D eigenvalue weighted by Crippen LogP contribution is 2.18. The molecule has 2 aromatic carbocycles. The van der Waals surface area contributed by atoms with Crippen LogP contribution in [0.15, 0.2) is 68.3 Å². The van der Waals surface area contributed by atoms with E-state index >= 15 is 0 Å². The average Bonchev–Trinajstić information content (AvgIpc) is 2.62. The van der Waals surface area contributed by atoms with E-state index < -0.39 is 0 Å². The molecule has 0 bridgehead atoms. The molecule has 0 spiro atoms. The highest BCUT2D eigenvalue weighted by molar-refractivity contribution is 9.11. The molecule has 25 heavy (non-hydrogen) atoms. The molecule has 0 atom stereocenters. The predicted octanol–water partition coefficient (Wildman–Crippen LogP) is 5.83. The minimum atomic E-state index is -0.0834. The van der Waals surface area contributed by atoms with Crippen LogP contribution in [0.5, 0.6) is 5.75 Å². The Morgan fingerprint density at radius 3 is 2.24 bits per heavy atom. The van der Waals surface area contributed by atoms with Gasteiger partial charge in [-0.1, -0.05) is 31.9 Å². The maximum Gasteiger partial charge on any atom is 0.248 e. The number of pyridine rings is 1. The first-order chi connectivity index (χ1) is 12.1. The Morgan fingerprint density at radius 1 is 0.920 bits per heavy atom. The number of halogens is 2. The molecule has 1 aromatic heterocycles. The van der Waals surface area contributed by atoms with Crippen molar-refractivity contribution in [3.05, 3.63) is 73.9 Å². The molecule has 0 amide bonds. The van der Waals surface area contributed by atoms with Crippen molar-refractivity contribution in [1.82, 2.24) is 4.98 Å². The summed E-state index contributed by atoms with van der Waals surface area (Å²) < 4.78 is 7.84. The molecule has 0 aliphatic carbocycles. The number of aromatic amines is 1. The number of nitrogens with one attached hydrogen (secondary N) is 1. The maximum absolute atomic E-state index is 11.1. The summed E-state index contributed by atoms with van der Waals surface area (Å²) >= 11 is 10.8. The Morgan fingerprint density at radius 2 is 1.60 bits per heavy atom. The molecule has 3 rings (SSSR count). The van der Waals surface area contributed by atoms with Crippen LogP contribution in [0.4, 0.5) is 0 Å². The second-order valence-electron chi connectivity index (χ2n) is 5.29. The molecular formula is C19H19Br2NO2S. The zero-order valence-electron chi connectivity index (χ0n) is 13.5. The number of benzene rings is 2. The van der Waals surface area contributed by atoms with E-state index in [1.54, 1.807) is 6.07 Å². The molecule has 0 radical (unpaired) electrons. The first kappa shape index (κ1) is 20.1. The molecule has 6 heteroatoms. The SMILES string of the molecule is Brc1ccc(Br)cc1.O=c1ccc2cc(OCCCCS)ccc2[nH]1. The van der Waals surface area contributed by atoms with Gasteiger partial charge in [-0.15, -0.1) is 0 Å². The lowest BCUT2D eigenvalue weighted by Gasteiger charge is -2.06. The molecule has 1 heterocycles. The monoisotopic (exact) mass is 483 g/mol. The first-order valence-electron chi connectivity index (χ1n) is 7.86. The van der Waals surface area contributed by atoms with Crippen molar-refractivity contribution in [3.8, 4) is 5.75 Å². The van der Waals surface area contributed by atoms with Crippen LogP contribution in [0.3, 0.4) is 0 Å². The molecule has 0 aliphatic rings. The second kappa shape index (κ2) is 10.7. The lowest BCUT2D eigenvalue weighted by Crippen LogP contribution is -2.02. The number of aromatic nitrogens is 1. The third kappa shape index (κ3) is 7.26. The number of fused-ring (bicyclic) bond motifs is 1. The van der Waals surface area contributed by atoms with Crippen LogP contribution in [0, 0.1) is 0 Å². The Hall–Kier alpha value is -1.24. The highest BCUT2D eigenvalue weighted by Gasteiger charge is 1.98. The van der Waals surface area contributed by atoms with Gasteiger partial charge in [-0.05, 0) is 67.1 Å². The number of hydrogen-bond donors (Lipinski definition) is 2. The first-order valence-corrected chi connectivity index (χ1v) is 10.1. The number of hydrogen-bond acceptors (Lipinski definition) is 3. The molecule has 3 aromatic rings. The fourth-order valence-corrected chi connectivity index (χ4v) is 2.81. The van der Waals surface area contributed by atoms with Crippen molar-refractivity contribution in [2.24, 2.45) is 0 Å². The quantitative estimate of drug-likeness (QED) is 0.353. The molecule has 132 valence electrons. The van der Waals surface area contributed by atoms with Gasteiger partial charge in [0.1, 0.15) is 5.75 Å². The number of rotatable bonds is 5. The standard InChI is InChI=1S/C13H15NO2S.C6H4Br2/c15-13-6-3-10-9-11(4-5-12(10)14-13)16-7-1-2-8-17;7-5-1-2-6(8)4-3-5/h3-6,9,17H,1-2,7-8H2,(H,14,15);1-4H. The van der Waals surface area contributed by atoms with Crippen LogP contribution in [-0.4, -0.2) is 17.3 Å². The number of thiol groups is 1. The van der Waals surface area contributed by atoms with E-state index in [2.05, 4.69) is 49.5 Å². The number of H-pyrrole nitrogens is 1. The molecule has 0 saturated carbocycles. The van der Waals surface area contributed by atoms with Crippen molar-refractivity contribution < 1.29 is 4.74 Å². The van der Waals surface area contributed by atoms with Gasteiger partial charge < -0.3 is 9.72 Å². The van der Waals surface area contributed by atoms with E-state index in [0.717, 1.165) is 44.2 Å². The molecule has 3 nitrogen and oxygen atoms in total. The van der Waals surface area contributed by atoms with E-state index in [1.165, 1.54) is 6.07 Å². The zero-order chi connectivity index (χ0) is 18.1. The molecule has 0 aliphatic heterocycles. The minimum Gasteiger partial charge on any atom is -0.494 e. The van der Waals surface area contributed by atoms with Crippen LogP contribution >= 0.6 is 44.5 Å². The zero-order valence-corrected chi connectivity index (χ0v) is 17.6. The molecule has 0 fully saturated rings. The highest BCUT2D eigenvalue weighted by atomic mass is 79.9. The van der Waals surface area contributed by atoms with Gasteiger partial charge in [0, 0.05) is 25.9 Å². The van der Waals surface area contributed by atoms with E-state index in [9.17, 15) is 4.79 Å². The van der Waals surface area contributed by atoms with Gasteiger partial charge in [0.2, 0.25) is 5.56 Å². The summed E-state index contributed by atoms with van der Waals surface area (Å²) in [6, 6.07) is 17.0. The van der Waals surface area contributed by atoms with Gasteiger partial charge in [0.15, 0.2) is 0 Å². The average molecular weight is 485 g/mol. The second-order valence-corrected chi connectivity index (χ2v) is 7.57. The van der Waals surface area contributed by atoms with Crippen molar-refractivity contribution in [2.45, 2.75) is 12.8 Å². The number of unbranched alkanes of at least 4 members (excludes halogenated alkanes) is 1. The van der Waals surface area contributed by atoms with Gasteiger partial charge >= 0.3 is 0 Å². The molecule has 0 unspecified atom stereocenters. The van der Waals surface area contributed by atoms with Crippen LogP contribution in [0.1, 0.15) is 12.8 Å². The molecule has 1 N–H and O–H groups in total. The molecule has 0 saturated heterocycles. The Balaban J connectivity index is 0.000000236. The Kier molecular flexibility index (Phi) is 8.58. The smallest absolute Gasteiger partial charge is 0.248 e. The van der Waals surface area contributed by atoms with Crippen LogP contribution in [0.25, 0.3) is 10.9 Å². The van der Waals surface area contributed by atoms with E-state index in [-0.39, 0.29) is 5.56 Å². The summed E-state index contributed by atoms with van der Waals surface area (Å²) in [4.78, 5) is 13.9. The summed E-state index contributed by atoms with van der Waals surface area (Å²) in [5, 5.41) is 0.983. The summed E-state index contributed by atoms with van der Waals surface area (Å²) in [6.45, 7) is 0.704. The van der Waals surface area contributed by atoms with Gasteiger partial charge in [0.05, 0.1) is 6.61 Å². The lowest BCUT2D eigenvalue weighted by molar-refractivity contribution is 0.310. The van der Waals surface area contributed by atoms with Gasteiger partial charge in [0.25, 0.3) is 0 Å². The summed E-state index contributed by atoms with van der Waals surface area (Å²) in [6.07, 6.45) is 2.07. The number of ether oxygens (including phenoxy) is 1. The van der Waals surface area contributed by atoms with Crippen molar-refractivity contribution in [2.75, 3.05) is 12.4 Å². The van der Waals surface area contributed by atoms with E-state index in [0.29, 0.717) is 6.61 Å². The summed E-state index contributed by atoms with van der Waals surface area (Å²) in [5.41, 5.74) is 0.750. The predicted molar refractivity (Wildman–Crippen MR) is 115 cm³/mol. The maximum atomic E-state index is 11.1. The van der Waals surface area contributed by atoms with Gasteiger partial charge in [-0.25, -0.2) is 0 Å².